The van der Waals surface area contributed by atoms with Crippen LogP contribution in [0.15, 0.2) is 51.8 Å². The molecule has 4 heteroatoms. The Hall–Kier alpha value is -1.26. The highest BCUT2D eigenvalue weighted by Gasteiger charge is 2.16. The Balaban J connectivity index is 2.29. The minimum atomic E-state index is -0.0583. The SMILES string of the molecule is CCc1ccc(N(C)C(=O)c2cc(S)ccc2Br)cc1. The van der Waals surface area contributed by atoms with Crippen molar-refractivity contribution in [2.24, 2.45) is 0 Å². The number of thiol groups is 1. The van der Waals surface area contributed by atoms with Crippen LogP contribution in [0.1, 0.15) is 22.8 Å². The molecule has 0 aliphatic rings. The summed E-state index contributed by atoms with van der Waals surface area (Å²) in [5.74, 6) is -0.0583. The van der Waals surface area contributed by atoms with Crippen LogP contribution in [0.4, 0.5) is 5.69 Å². The maximum Gasteiger partial charge on any atom is 0.259 e. The molecule has 2 nitrogen and oxygen atoms in total. The third-order valence-corrected chi connectivity index (χ3v) is 4.19. The normalized spacial score (nSPS) is 10.4. The number of nitrogens with zero attached hydrogens (tertiary/aromatic N) is 1. The van der Waals surface area contributed by atoms with Gasteiger partial charge in [-0.3, -0.25) is 4.79 Å². The van der Waals surface area contributed by atoms with Gasteiger partial charge >= 0.3 is 0 Å². The van der Waals surface area contributed by atoms with Crippen LogP contribution in [0.25, 0.3) is 0 Å². The second-order valence-electron chi connectivity index (χ2n) is 4.55. The average molecular weight is 350 g/mol. The van der Waals surface area contributed by atoms with Crippen molar-refractivity contribution in [3.8, 4) is 0 Å². The van der Waals surface area contributed by atoms with E-state index in [1.807, 2.05) is 36.4 Å². The molecule has 0 bridgehead atoms. The topological polar surface area (TPSA) is 20.3 Å². The van der Waals surface area contributed by atoms with Gasteiger partial charge in [-0.05, 0) is 58.2 Å². The number of carbonyl (C=O) groups is 1. The molecule has 0 aliphatic heterocycles. The lowest BCUT2D eigenvalue weighted by Gasteiger charge is -2.18. The number of benzene rings is 2. The van der Waals surface area contributed by atoms with Crippen LogP contribution in [-0.2, 0) is 6.42 Å². The summed E-state index contributed by atoms with van der Waals surface area (Å²) in [6.45, 7) is 2.11. The average Bonchev–Trinajstić information content (AvgIpc) is 2.48. The van der Waals surface area contributed by atoms with Crippen LogP contribution in [0, 0.1) is 0 Å². The molecule has 104 valence electrons. The van der Waals surface area contributed by atoms with Crippen molar-refractivity contribution in [3.05, 3.63) is 58.1 Å². The predicted octanol–water partition coefficient (Wildman–Crippen LogP) is 4.58. The number of anilines is 1. The highest BCUT2D eigenvalue weighted by Crippen LogP contribution is 2.24. The lowest BCUT2D eigenvalue weighted by atomic mass is 10.1. The Morgan fingerprint density at radius 3 is 2.45 bits per heavy atom. The van der Waals surface area contributed by atoms with Crippen LogP contribution in [0.2, 0.25) is 0 Å². The molecule has 0 aromatic heterocycles. The van der Waals surface area contributed by atoms with Gasteiger partial charge in [0.1, 0.15) is 0 Å². The van der Waals surface area contributed by atoms with Crippen LogP contribution in [0.3, 0.4) is 0 Å². The van der Waals surface area contributed by atoms with Gasteiger partial charge in [0, 0.05) is 22.1 Å². The summed E-state index contributed by atoms with van der Waals surface area (Å²) in [5, 5.41) is 0. The third kappa shape index (κ3) is 3.25. The Kier molecular flexibility index (Phi) is 4.89. The minimum Gasteiger partial charge on any atom is -0.311 e. The van der Waals surface area contributed by atoms with Crippen LogP contribution in [-0.4, -0.2) is 13.0 Å². The smallest absolute Gasteiger partial charge is 0.259 e. The lowest BCUT2D eigenvalue weighted by Crippen LogP contribution is -2.26. The maximum absolute atomic E-state index is 12.5. The van der Waals surface area contributed by atoms with Gasteiger partial charge in [0.05, 0.1) is 5.56 Å². The van der Waals surface area contributed by atoms with E-state index in [2.05, 4.69) is 35.5 Å². The summed E-state index contributed by atoms with van der Waals surface area (Å²) in [4.78, 5) is 14.9. The standard InChI is InChI=1S/C16H16BrNOS/c1-3-11-4-6-12(7-5-11)18(2)16(19)14-10-13(20)8-9-15(14)17/h4-10,20H,3H2,1-2H3. The number of hydrogen-bond donors (Lipinski definition) is 1. The number of aryl methyl sites for hydroxylation is 1. The Morgan fingerprint density at radius 1 is 1.20 bits per heavy atom. The fourth-order valence-corrected chi connectivity index (χ4v) is 2.55. The van der Waals surface area contributed by atoms with E-state index in [9.17, 15) is 4.79 Å². The zero-order chi connectivity index (χ0) is 14.7. The molecule has 0 saturated heterocycles. The van der Waals surface area contributed by atoms with Gasteiger partial charge in [0.2, 0.25) is 0 Å². The van der Waals surface area contributed by atoms with E-state index in [-0.39, 0.29) is 5.91 Å². The molecule has 0 radical (unpaired) electrons. The van der Waals surface area contributed by atoms with Crippen LogP contribution < -0.4 is 4.90 Å². The first-order valence-electron chi connectivity index (χ1n) is 6.38. The molecular weight excluding hydrogens is 334 g/mol. The molecule has 0 spiro atoms. The summed E-state index contributed by atoms with van der Waals surface area (Å²) >= 11 is 7.70. The van der Waals surface area contributed by atoms with Crippen molar-refractivity contribution in [3.63, 3.8) is 0 Å². The third-order valence-electron chi connectivity index (χ3n) is 3.22. The largest absolute Gasteiger partial charge is 0.311 e. The Morgan fingerprint density at radius 2 is 1.85 bits per heavy atom. The molecule has 2 rings (SSSR count). The van der Waals surface area contributed by atoms with E-state index in [4.69, 9.17) is 0 Å². The molecule has 2 aromatic carbocycles. The molecule has 0 N–H and O–H groups in total. The van der Waals surface area contributed by atoms with Gasteiger partial charge in [-0.15, -0.1) is 12.6 Å². The minimum absolute atomic E-state index is 0.0583. The van der Waals surface area contributed by atoms with Crippen molar-refractivity contribution in [1.82, 2.24) is 0 Å². The van der Waals surface area contributed by atoms with E-state index in [0.29, 0.717) is 5.56 Å². The summed E-state index contributed by atoms with van der Waals surface area (Å²) in [6.07, 6.45) is 0.991. The number of halogens is 1. The van der Waals surface area contributed by atoms with Crippen molar-refractivity contribution in [2.45, 2.75) is 18.2 Å². The summed E-state index contributed by atoms with van der Waals surface area (Å²) in [7, 11) is 1.78. The predicted molar refractivity (Wildman–Crippen MR) is 89.9 cm³/mol. The van der Waals surface area contributed by atoms with Gasteiger partial charge in [-0.25, -0.2) is 0 Å². The van der Waals surface area contributed by atoms with Gasteiger partial charge in [0.15, 0.2) is 0 Å². The number of amides is 1. The first kappa shape index (κ1) is 15.1. The first-order chi connectivity index (χ1) is 9.52. The second-order valence-corrected chi connectivity index (χ2v) is 5.92. The van der Waals surface area contributed by atoms with E-state index in [1.54, 1.807) is 18.0 Å². The molecule has 0 aliphatic carbocycles. The van der Waals surface area contributed by atoms with Crippen molar-refractivity contribution in [2.75, 3.05) is 11.9 Å². The molecule has 0 fully saturated rings. The van der Waals surface area contributed by atoms with Crippen LogP contribution >= 0.6 is 28.6 Å². The van der Waals surface area contributed by atoms with Gasteiger partial charge < -0.3 is 4.90 Å². The molecular formula is C16H16BrNOS. The van der Waals surface area contributed by atoms with Crippen molar-refractivity contribution >= 4 is 40.2 Å². The zero-order valence-corrected chi connectivity index (χ0v) is 13.9. The summed E-state index contributed by atoms with van der Waals surface area (Å²) in [6, 6.07) is 13.5. The Labute approximate surface area is 133 Å². The van der Waals surface area contributed by atoms with Crippen molar-refractivity contribution < 1.29 is 4.79 Å². The maximum atomic E-state index is 12.5. The quantitative estimate of drug-likeness (QED) is 0.804. The van der Waals surface area contributed by atoms with E-state index < -0.39 is 0 Å². The van der Waals surface area contributed by atoms with Gasteiger partial charge in [-0.2, -0.15) is 0 Å². The van der Waals surface area contributed by atoms with Crippen molar-refractivity contribution in [1.29, 1.82) is 0 Å². The van der Waals surface area contributed by atoms with E-state index >= 15 is 0 Å². The van der Waals surface area contributed by atoms with Crippen LogP contribution in [0.5, 0.6) is 0 Å². The number of rotatable bonds is 3. The number of hydrogen-bond acceptors (Lipinski definition) is 2. The molecule has 0 unspecified atom stereocenters. The highest BCUT2D eigenvalue weighted by molar-refractivity contribution is 9.10. The lowest BCUT2D eigenvalue weighted by molar-refractivity contribution is 0.0992. The highest BCUT2D eigenvalue weighted by atomic mass is 79.9. The second kappa shape index (κ2) is 6.46. The molecule has 2 aromatic rings. The first-order valence-corrected chi connectivity index (χ1v) is 7.62. The molecule has 1 amide bonds. The fourth-order valence-electron chi connectivity index (χ4n) is 1.93. The Bertz CT molecular complexity index is 625. The monoisotopic (exact) mass is 349 g/mol. The molecule has 20 heavy (non-hydrogen) atoms. The molecule has 0 atom stereocenters. The van der Waals surface area contributed by atoms with Gasteiger partial charge in [-0.1, -0.05) is 19.1 Å². The summed E-state index contributed by atoms with van der Waals surface area (Å²) < 4.78 is 0.775. The number of carbonyl (C=O) groups excluding carboxylic acids is 1. The fraction of sp³-hybridized carbons (Fsp3) is 0.188. The molecule has 0 saturated carbocycles. The van der Waals surface area contributed by atoms with E-state index in [0.717, 1.165) is 21.5 Å². The van der Waals surface area contributed by atoms with Gasteiger partial charge in [0.25, 0.3) is 5.91 Å². The van der Waals surface area contributed by atoms with E-state index in [1.165, 1.54) is 5.56 Å². The molecule has 0 heterocycles. The summed E-state index contributed by atoms with van der Waals surface area (Å²) in [5.41, 5.74) is 2.75. The zero-order valence-electron chi connectivity index (χ0n) is 11.4.